The van der Waals surface area contributed by atoms with Gasteiger partial charge < -0.3 is 4.90 Å². The Hall–Kier alpha value is -1.68. The third kappa shape index (κ3) is 1.93. The fraction of sp³-hybridized carbons (Fsp3) is 0.286. The van der Waals surface area contributed by atoms with Crippen molar-refractivity contribution in [2.75, 3.05) is 13.1 Å². The molecule has 18 heavy (non-hydrogen) atoms. The average Bonchev–Trinajstić information content (AvgIpc) is 2.82. The zero-order valence-corrected chi connectivity index (χ0v) is 10.7. The maximum Gasteiger partial charge on any atom is 0.255 e. The summed E-state index contributed by atoms with van der Waals surface area (Å²) in [6.45, 7) is 0.956. The second-order valence-corrected chi connectivity index (χ2v) is 5.43. The lowest BCUT2D eigenvalue weighted by atomic mass is 10.1. The summed E-state index contributed by atoms with van der Waals surface area (Å²) in [6.07, 6.45) is 1.39. The number of benzene rings is 1. The Kier molecular flexibility index (Phi) is 2.88. The highest BCUT2D eigenvalue weighted by atomic mass is 32.1. The van der Waals surface area contributed by atoms with Crippen LogP contribution in [0, 0.1) is 0 Å². The van der Waals surface area contributed by atoms with Crippen molar-refractivity contribution in [1.82, 2.24) is 4.90 Å². The van der Waals surface area contributed by atoms with Gasteiger partial charge in [0.05, 0.1) is 12.1 Å². The molecule has 0 unspecified atom stereocenters. The number of piperidine rings is 1. The van der Waals surface area contributed by atoms with Crippen molar-refractivity contribution in [3.8, 4) is 0 Å². The normalized spacial score (nSPS) is 16.2. The Morgan fingerprint density at radius 1 is 1.28 bits per heavy atom. The molecule has 1 aliphatic rings. The van der Waals surface area contributed by atoms with Crippen LogP contribution in [0.3, 0.4) is 0 Å². The molecule has 1 aliphatic heterocycles. The monoisotopic (exact) mass is 259 g/mol. The van der Waals surface area contributed by atoms with E-state index in [1.807, 2.05) is 29.6 Å². The summed E-state index contributed by atoms with van der Waals surface area (Å²) < 4.78 is 1.11. The molecule has 1 aromatic heterocycles. The summed E-state index contributed by atoms with van der Waals surface area (Å²) in [5.74, 6) is 0.148. The number of rotatable bonds is 1. The van der Waals surface area contributed by atoms with Crippen molar-refractivity contribution in [2.45, 2.75) is 12.8 Å². The summed E-state index contributed by atoms with van der Waals surface area (Å²) in [6, 6.07) is 7.88. The minimum absolute atomic E-state index is 0.0134. The predicted molar refractivity (Wildman–Crippen MR) is 72.0 cm³/mol. The molecule has 0 atom stereocenters. The zero-order valence-electron chi connectivity index (χ0n) is 9.89. The number of nitrogens with zero attached hydrogens (tertiary/aromatic N) is 1. The maximum atomic E-state index is 12.4. The molecule has 0 N–H and O–H groups in total. The summed E-state index contributed by atoms with van der Waals surface area (Å²) >= 11 is 1.57. The fourth-order valence-electron chi connectivity index (χ4n) is 2.33. The molecule has 3 nitrogen and oxygen atoms in total. The topological polar surface area (TPSA) is 37.4 Å². The standard InChI is InChI=1S/C14H13NO2S/c16-10-4-3-7-15(8-10)14(17)12-9-18-13-6-2-1-5-11(12)13/h1-2,5-6,9H,3-4,7-8H2. The highest BCUT2D eigenvalue weighted by Crippen LogP contribution is 2.27. The predicted octanol–water partition coefficient (Wildman–Crippen LogP) is 2.71. The molecule has 1 fully saturated rings. The second kappa shape index (κ2) is 4.53. The lowest BCUT2D eigenvalue weighted by Gasteiger charge is -2.25. The number of carbonyl (C=O) groups excluding carboxylic acids is 2. The van der Waals surface area contributed by atoms with Gasteiger partial charge in [0.2, 0.25) is 0 Å². The van der Waals surface area contributed by atoms with Gasteiger partial charge in [-0.05, 0) is 12.5 Å². The second-order valence-electron chi connectivity index (χ2n) is 4.51. The van der Waals surface area contributed by atoms with E-state index in [0.29, 0.717) is 13.0 Å². The van der Waals surface area contributed by atoms with Gasteiger partial charge in [-0.15, -0.1) is 11.3 Å². The van der Waals surface area contributed by atoms with Crippen molar-refractivity contribution >= 4 is 33.1 Å². The molecule has 0 radical (unpaired) electrons. The Balaban J connectivity index is 1.94. The van der Waals surface area contributed by atoms with E-state index < -0.39 is 0 Å². The average molecular weight is 259 g/mol. The molecular formula is C14H13NO2S. The molecular weight excluding hydrogens is 246 g/mol. The van der Waals surface area contributed by atoms with Crippen LogP contribution in [0.1, 0.15) is 23.2 Å². The minimum atomic E-state index is -0.0134. The Bertz CT molecular complexity index is 617. The van der Waals surface area contributed by atoms with Crippen LogP contribution in [0.25, 0.3) is 10.1 Å². The zero-order chi connectivity index (χ0) is 12.5. The van der Waals surface area contributed by atoms with Gasteiger partial charge in [-0.2, -0.15) is 0 Å². The van der Waals surface area contributed by atoms with Gasteiger partial charge in [0, 0.05) is 28.4 Å². The summed E-state index contributed by atoms with van der Waals surface area (Å²) in [7, 11) is 0. The van der Waals surface area contributed by atoms with Crippen molar-refractivity contribution in [3.63, 3.8) is 0 Å². The Morgan fingerprint density at radius 3 is 2.94 bits per heavy atom. The molecule has 1 amide bonds. The van der Waals surface area contributed by atoms with E-state index in [-0.39, 0.29) is 18.2 Å². The van der Waals surface area contributed by atoms with Crippen molar-refractivity contribution in [2.24, 2.45) is 0 Å². The van der Waals surface area contributed by atoms with Gasteiger partial charge in [-0.1, -0.05) is 18.2 Å². The molecule has 0 spiro atoms. The van der Waals surface area contributed by atoms with E-state index in [1.54, 1.807) is 16.2 Å². The molecule has 0 saturated carbocycles. The van der Waals surface area contributed by atoms with Crippen LogP contribution in [0.4, 0.5) is 0 Å². The summed E-state index contributed by atoms with van der Waals surface area (Å²) in [5.41, 5.74) is 0.727. The number of Topliss-reactive ketones (excluding diaryl/α,β-unsaturated/α-hetero) is 1. The Labute approximate surface area is 109 Å². The Morgan fingerprint density at radius 2 is 2.11 bits per heavy atom. The molecule has 2 heterocycles. The number of fused-ring (bicyclic) bond motifs is 1. The molecule has 92 valence electrons. The molecule has 2 aromatic rings. The highest BCUT2D eigenvalue weighted by Gasteiger charge is 2.24. The van der Waals surface area contributed by atoms with Gasteiger partial charge in [-0.25, -0.2) is 0 Å². The first kappa shape index (κ1) is 11.4. The van der Waals surface area contributed by atoms with Gasteiger partial charge in [0.15, 0.2) is 5.78 Å². The molecule has 0 bridgehead atoms. The number of hydrogen-bond acceptors (Lipinski definition) is 3. The van der Waals surface area contributed by atoms with E-state index in [4.69, 9.17) is 0 Å². The van der Waals surface area contributed by atoms with Crippen molar-refractivity contribution in [1.29, 1.82) is 0 Å². The molecule has 1 saturated heterocycles. The van der Waals surface area contributed by atoms with Gasteiger partial charge in [-0.3, -0.25) is 9.59 Å². The highest BCUT2D eigenvalue weighted by molar-refractivity contribution is 7.17. The molecule has 1 aromatic carbocycles. The molecule has 3 rings (SSSR count). The van der Waals surface area contributed by atoms with Crippen LogP contribution in [0.5, 0.6) is 0 Å². The van der Waals surface area contributed by atoms with Gasteiger partial charge in [0.1, 0.15) is 0 Å². The first-order valence-electron chi connectivity index (χ1n) is 6.03. The maximum absolute atomic E-state index is 12.4. The number of ketones is 1. The van der Waals surface area contributed by atoms with Crippen LogP contribution in [-0.4, -0.2) is 29.7 Å². The van der Waals surface area contributed by atoms with E-state index in [9.17, 15) is 9.59 Å². The van der Waals surface area contributed by atoms with E-state index in [0.717, 1.165) is 22.1 Å². The van der Waals surface area contributed by atoms with Gasteiger partial charge in [0.25, 0.3) is 5.91 Å². The number of likely N-dealkylation sites (tertiary alicyclic amines) is 1. The van der Waals surface area contributed by atoms with Crippen LogP contribution in [0.15, 0.2) is 29.6 Å². The summed E-state index contributed by atoms with van der Waals surface area (Å²) in [5, 5.41) is 2.89. The van der Waals surface area contributed by atoms with Crippen molar-refractivity contribution < 1.29 is 9.59 Å². The molecule has 4 heteroatoms. The van der Waals surface area contributed by atoms with Crippen LogP contribution in [0.2, 0.25) is 0 Å². The first-order valence-corrected chi connectivity index (χ1v) is 6.91. The first-order chi connectivity index (χ1) is 8.75. The quantitative estimate of drug-likeness (QED) is 0.789. The third-order valence-electron chi connectivity index (χ3n) is 3.25. The fourth-order valence-corrected chi connectivity index (χ4v) is 3.26. The number of hydrogen-bond donors (Lipinski definition) is 0. The minimum Gasteiger partial charge on any atom is -0.331 e. The molecule has 0 aliphatic carbocycles. The SMILES string of the molecule is O=C1CCCN(C(=O)c2csc3ccccc23)C1. The number of thiophene rings is 1. The van der Waals surface area contributed by atoms with Crippen LogP contribution < -0.4 is 0 Å². The number of amides is 1. The lowest BCUT2D eigenvalue weighted by molar-refractivity contribution is -0.121. The summed E-state index contributed by atoms with van der Waals surface area (Å²) in [4.78, 5) is 25.5. The number of carbonyl (C=O) groups is 2. The van der Waals surface area contributed by atoms with E-state index in [2.05, 4.69) is 0 Å². The van der Waals surface area contributed by atoms with Gasteiger partial charge >= 0.3 is 0 Å². The largest absolute Gasteiger partial charge is 0.331 e. The van der Waals surface area contributed by atoms with Crippen LogP contribution in [-0.2, 0) is 4.79 Å². The van der Waals surface area contributed by atoms with Crippen LogP contribution >= 0.6 is 11.3 Å². The van der Waals surface area contributed by atoms with Crippen molar-refractivity contribution in [3.05, 3.63) is 35.2 Å². The van der Waals surface area contributed by atoms with E-state index >= 15 is 0 Å². The third-order valence-corrected chi connectivity index (χ3v) is 4.21. The van der Waals surface area contributed by atoms with E-state index in [1.165, 1.54) is 0 Å². The lowest BCUT2D eigenvalue weighted by Crippen LogP contribution is -2.40. The smallest absolute Gasteiger partial charge is 0.255 e.